The van der Waals surface area contributed by atoms with E-state index in [4.69, 9.17) is 14.9 Å². The number of ether oxygens (including phenoxy) is 1. The minimum Gasteiger partial charge on any atom is -0.489 e. The summed E-state index contributed by atoms with van der Waals surface area (Å²) in [6.07, 6.45) is 2.70. The van der Waals surface area contributed by atoms with Gasteiger partial charge in [-0.1, -0.05) is 38.1 Å². The number of benzene rings is 2. The van der Waals surface area contributed by atoms with Crippen LogP contribution in [0.25, 0.3) is 0 Å². The van der Waals surface area contributed by atoms with Gasteiger partial charge in [0.05, 0.1) is 18.4 Å². The van der Waals surface area contributed by atoms with E-state index in [1.807, 2.05) is 45.2 Å². The Morgan fingerprint density at radius 3 is 2.27 bits per heavy atom. The summed E-state index contributed by atoms with van der Waals surface area (Å²) in [5.41, 5.74) is 2.17. The summed E-state index contributed by atoms with van der Waals surface area (Å²) in [5.74, 6) is -1.32. The van der Waals surface area contributed by atoms with E-state index in [-0.39, 0.29) is 19.4 Å². The van der Waals surface area contributed by atoms with Gasteiger partial charge in [0.2, 0.25) is 0 Å². The van der Waals surface area contributed by atoms with Crippen molar-refractivity contribution in [2.24, 2.45) is 0 Å². The number of hydrogen-bond donors (Lipinski definition) is 3. The van der Waals surface area contributed by atoms with Crippen LogP contribution >= 0.6 is 0 Å². The van der Waals surface area contributed by atoms with Gasteiger partial charge in [-0.2, -0.15) is 0 Å². The molecule has 2 aromatic carbocycles. The largest absolute Gasteiger partial charge is 0.489 e. The van der Waals surface area contributed by atoms with Gasteiger partial charge in [-0.3, -0.25) is 9.59 Å². The minimum absolute atomic E-state index is 0.216. The summed E-state index contributed by atoms with van der Waals surface area (Å²) < 4.78 is 5.93. The molecule has 0 fully saturated rings. The summed E-state index contributed by atoms with van der Waals surface area (Å²) in [6, 6.07) is 12.9. The zero-order valence-corrected chi connectivity index (χ0v) is 19.7. The molecule has 3 N–H and O–H groups in total. The fraction of sp³-hybridized carbons (Fsp3) is 0.462. The standard InChI is InChI=1S/C26H35NO6/c1-4-26(32,5-2)12-7-13-27(3)22-8-6-9-23(17-22)33-18-19-10-11-20(15-24(28)29)21(14-19)16-25(30)31/h6,8-11,14,17,32H,4-5,7,12-13,15-16,18H2,1-3H3,(H,28,29)(H,30,31). The molecule has 7 heteroatoms. The fourth-order valence-electron chi connectivity index (χ4n) is 3.79. The molecule has 0 aromatic heterocycles. The molecule has 33 heavy (non-hydrogen) atoms. The number of carboxylic acids is 2. The average molecular weight is 458 g/mol. The van der Waals surface area contributed by atoms with Crippen molar-refractivity contribution in [3.8, 4) is 5.75 Å². The molecule has 0 aliphatic heterocycles. The maximum atomic E-state index is 11.2. The zero-order chi connectivity index (χ0) is 24.4. The van der Waals surface area contributed by atoms with Crippen molar-refractivity contribution in [3.63, 3.8) is 0 Å². The summed E-state index contributed by atoms with van der Waals surface area (Å²) >= 11 is 0. The van der Waals surface area contributed by atoms with Gasteiger partial charge in [-0.05, 0) is 54.5 Å². The molecule has 7 nitrogen and oxygen atoms in total. The molecule has 0 aliphatic carbocycles. The first-order chi connectivity index (χ1) is 15.7. The number of carboxylic acid groups (broad SMARTS) is 2. The van der Waals surface area contributed by atoms with Crippen LogP contribution in [0.15, 0.2) is 42.5 Å². The highest BCUT2D eigenvalue weighted by molar-refractivity contribution is 5.74. The predicted molar refractivity (Wildman–Crippen MR) is 128 cm³/mol. The Morgan fingerprint density at radius 2 is 1.64 bits per heavy atom. The Bertz CT molecular complexity index is 938. The van der Waals surface area contributed by atoms with Crippen LogP contribution in [-0.4, -0.2) is 46.5 Å². The van der Waals surface area contributed by atoms with E-state index >= 15 is 0 Å². The van der Waals surface area contributed by atoms with E-state index in [2.05, 4.69) is 4.90 Å². The number of rotatable bonds is 14. The third-order valence-electron chi connectivity index (χ3n) is 6.07. The Labute approximate surface area is 195 Å². The van der Waals surface area contributed by atoms with Crippen molar-refractivity contribution in [2.45, 2.75) is 64.6 Å². The van der Waals surface area contributed by atoms with Crippen molar-refractivity contribution in [3.05, 3.63) is 59.2 Å². The molecule has 0 unspecified atom stereocenters. The topological polar surface area (TPSA) is 107 Å². The Kier molecular flexibility index (Phi) is 9.73. The third-order valence-corrected chi connectivity index (χ3v) is 6.07. The first-order valence-electron chi connectivity index (χ1n) is 11.4. The molecule has 0 heterocycles. The van der Waals surface area contributed by atoms with Crippen molar-refractivity contribution in [1.29, 1.82) is 0 Å². The first-order valence-corrected chi connectivity index (χ1v) is 11.4. The number of carbonyl (C=O) groups is 2. The smallest absolute Gasteiger partial charge is 0.307 e. The third kappa shape index (κ3) is 8.42. The van der Waals surface area contributed by atoms with Crippen LogP contribution in [0.3, 0.4) is 0 Å². The quantitative estimate of drug-likeness (QED) is 0.388. The summed E-state index contributed by atoms with van der Waals surface area (Å²) in [7, 11) is 2.01. The maximum absolute atomic E-state index is 11.2. The number of anilines is 1. The Balaban J connectivity index is 2.01. The van der Waals surface area contributed by atoms with E-state index in [9.17, 15) is 14.7 Å². The highest BCUT2D eigenvalue weighted by atomic mass is 16.5. The molecule has 0 spiro atoms. The summed E-state index contributed by atoms with van der Waals surface area (Å²) in [5, 5.41) is 28.7. The molecule has 0 saturated heterocycles. The molecule has 0 atom stereocenters. The van der Waals surface area contributed by atoms with Gasteiger partial charge in [0.15, 0.2) is 0 Å². The van der Waals surface area contributed by atoms with E-state index in [1.165, 1.54) is 0 Å². The van der Waals surface area contributed by atoms with E-state index < -0.39 is 17.5 Å². The maximum Gasteiger partial charge on any atom is 0.307 e. The monoisotopic (exact) mass is 457 g/mol. The predicted octanol–water partition coefficient (Wildman–Crippen LogP) is 4.29. The van der Waals surface area contributed by atoms with Crippen molar-refractivity contribution < 1.29 is 29.6 Å². The Hall–Kier alpha value is -3.06. The SMILES string of the molecule is CCC(O)(CC)CCCN(C)c1cccc(OCc2ccc(CC(=O)O)c(CC(=O)O)c2)c1. The highest BCUT2D eigenvalue weighted by Crippen LogP contribution is 2.25. The number of aliphatic carboxylic acids is 2. The van der Waals surface area contributed by atoms with Crippen LogP contribution in [0.4, 0.5) is 5.69 Å². The molecule has 2 rings (SSSR count). The molecule has 0 bridgehead atoms. The molecular formula is C26H35NO6. The molecule has 0 amide bonds. The first kappa shape index (κ1) is 26.2. The lowest BCUT2D eigenvalue weighted by atomic mass is 9.92. The van der Waals surface area contributed by atoms with Gasteiger partial charge < -0.3 is 25.0 Å². The zero-order valence-electron chi connectivity index (χ0n) is 19.7. The summed E-state index contributed by atoms with van der Waals surface area (Å²) in [6.45, 7) is 5.08. The van der Waals surface area contributed by atoms with Gasteiger partial charge in [-0.25, -0.2) is 0 Å². The number of aliphatic hydroxyl groups is 1. The fourth-order valence-corrected chi connectivity index (χ4v) is 3.79. The molecule has 2 aromatic rings. The van der Waals surface area contributed by atoms with Crippen molar-refractivity contribution >= 4 is 17.6 Å². The van der Waals surface area contributed by atoms with Crippen LogP contribution in [0.5, 0.6) is 5.75 Å². The summed E-state index contributed by atoms with van der Waals surface area (Å²) in [4.78, 5) is 24.3. The highest BCUT2D eigenvalue weighted by Gasteiger charge is 2.21. The second-order valence-corrected chi connectivity index (χ2v) is 8.49. The van der Waals surface area contributed by atoms with E-state index in [0.29, 0.717) is 16.9 Å². The van der Waals surface area contributed by atoms with E-state index in [1.54, 1.807) is 18.2 Å². The lowest BCUT2D eigenvalue weighted by Gasteiger charge is -2.27. The molecule has 0 aliphatic rings. The lowest BCUT2D eigenvalue weighted by molar-refractivity contribution is -0.137. The van der Waals surface area contributed by atoms with Crippen LogP contribution in [-0.2, 0) is 29.0 Å². The van der Waals surface area contributed by atoms with Crippen LogP contribution < -0.4 is 9.64 Å². The molecule has 0 saturated carbocycles. The van der Waals surface area contributed by atoms with Gasteiger partial charge in [-0.15, -0.1) is 0 Å². The van der Waals surface area contributed by atoms with Gasteiger partial charge >= 0.3 is 11.9 Å². The van der Waals surface area contributed by atoms with Crippen LogP contribution in [0, 0.1) is 0 Å². The number of nitrogens with zero attached hydrogens (tertiary/aromatic N) is 1. The van der Waals surface area contributed by atoms with Gasteiger partial charge in [0.1, 0.15) is 12.4 Å². The average Bonchev–Trinajstić information content (AvgIpc) is 2.78. The van der Waals surface area contributed by atoms with Gasteiger partial charge in [0, 0.05) is 25.3 Å². The number of hydrogen-bond acceptors (Lipinski definition) is 5. The molecule has 180 valence electrons. The van der Waals surface area contributed by atoms with Crippen molar-refractivity contribution in [2.75, 3.05) is 18.5 Å². The second kappa shape index (κ2) is 12.3. The Morgan fingerprint density at radius 1 is 0.970 bits per heavy atom. The molecule has 0 radical (unpaired) electrons. The lowest BCUT2D eigenvalue weighted by Crippen LogP contribution is -2.28. The molecular weight excluding hydrogens is 422 g/mol. The second-order valence-electron chi connectivity index (χ2n) is 8.49. The normalized spacial score (nSPS) is 11.3. The van der Waals surface area contributed by atoms with Crippen molar-refractivity contribution in [1.82, 2.24) is 0 Å². The van der Waals surface area contributed by atoms with E-state index in [0.717, 1.165) is 43.5 Å². The minimum atomic E-state index is -1.01. The van der Waals surface area contributed by atoms with Crippen LogP contribution in [0.2, 0.25) is 0 Å². The van der Waals surface area contributed by atoms with Gasteiger partial charge in [0.25, 0.3) is 0 Å². The van der Waals surface area contributed by atoms with Crippen LogP contribution in [0.1, 0.15) is 56.2 Å².